The van der Waals surface area contributed by atoms with E-state index in [-0.39, 0.29) is 17.3 Å². The minimum atomic E-state index is -0.192. The normalized spacial score (nSPS) is 17.4. The van der Waals surface area contributed by atoms with E-state index in [2.05, 4.69) is 15.9 Å². The molecule has 94 valence electrons. The average molecular weight is 301 g/mol. The monoisotopic (exact) mass is 300 g/mol. The second kappa shape index (κ2) is 4.80. The smallest absolute Gasteiger partial charge is 0.300 e. The van der Waals surface area contributed by atoms with Gasteiger partial charge in [-0.25, -0.2) is 4.79 Å². The van der Waals surface area contributed by atoms with E-state index in [1.165, 1.54) is 11.0 Å². The Morgan fingerprint density at radius 3 is 2.35 bits per heavy atom. The first-order chi connectivity index (χ1) is 8.04. The molecule has 0 atom stereocenters. The molecule has 5 heteroatoms. The van der Waals surface area contributed by atoms with Crippen LogP contribution in [0.25, 0.3) is 0 Å². The summed E-state index contributed by atoms with van der Waals surface area (Å²) in [5.74, 6) is 0. The maximum absolute atomic E-state index is 12.2. The maximum atomic E-state index is 12.2. The zero-order valence-electron chi connectivity index (χ0n) is 10.2. The highest BCUT2D eigenvalue weighted by atomic mass is 79.9. The minimum absolute atomic E-state index is 0.0758. The summed E-state index contributed by atoms with van der Waals surface area (Å²) in [6.07, 6.45) is 5.28. The Bertz CT molecular complexity index is 501. The molecule has 0 aliphatic heterocycles. The standard InChI is InChI=1S/C12H17BrN2O2/c1-8-10(13)11(16)15(12(17)14(8)2)9-6-4-3-5-7-9/h9H,3-7H2,1-2H3. The highest BCUT2D eigenvalue weighted by Gasteiger charge is 2.21. The van der Waals surface area contributed by atoms with Gasteiger partial charge >= 0.3 is 5.69 Å². The van der Waals surface area contributed by atoms with Gasteiger partial charge < -0.3 is 0 Å². The number of hydrogen-bond acceptors (Lipinski definition) is 2. The average Bonchev–Trinajstić information content (AvgIpc) is 2.36. The molecule has 1 aromatic heterocycles. The van der Waals surface area contributed by atoms with E-state index in [9.17, 15) is 9.59 Å². The van der Waals surface area contributed by atoms with Crippen molar-refractivity contribution in [3.63, 3.8) is 0 Å². The third kappa shape index (κ3) is 2.12. The third-order valence-electron chi connectivity index (χ3n) is 3.66. The zero-order valence-corrected chi connectivity index (χ0v) is 11.8. The molecule has 0 saturated heterocycles. The molecular weight excluding hydrogens is 284 g/mol. The van der Waals surface area contributed by atoms with Crippen LogP contribution in [0.3, 0.4) is 0 Å². The second-order valence-corrected chi connectivity index (χ2v) is 5.50. The predicted octanol–water partition coefficient (Wildman–Crippen LogP) is 2.12. The van der Waals surface area contributed by atoms with E-state index in [0.29, 0.717) is 10.2 Å². The summed E-state index contributed by atoms with van der Waals surface area (Å²) < 4.78 is 3.47. The Kier molecular flexibility index (Phi) is 3.56. The molecule has 0 amide bonds. The summed E-state index contributed by atoms with van der Waals surface area (Å²) in [6, 6.07) is 0.0758. The third-order valence-corrected chi connectivity index (χ3v) is 4.57. The summed E-state index contributed by atoms with van der Waals surface area (Å²) in [5.41, 5.74) is 0.312. The first kappa shape index (κ1) is 12.6. The molecule has 0 radical (unpaired) electrons. The molecule has 2 rings (SSSR count). The van der Waals surface area contributed by atoms with E-state index < -0.39 is 0 Å². The Balaban J connectivity index is 2.61. The van der Waals surface area contributed by atoms with Gasteiger partial charge in [-0.05, 0) is 35.7 Å². The van der Waals surface area contributed by atoms with Crippen molar-refractivity contribution in [2.45, 2.75) is 45.1 Å². The fourth-order valence-corrected chi connectivity index (χ4v) is 2.92. The Labute approximate surface area is 108 Å². The fraction of sp³-hybridized carbons (Fsp3) is 0.667. The van der Waals surface area contributed by atoms with Gasteiger partial charge in [0.15, 0.2) is 0 Å². The van der Waals surface area contributed by atoms with Gasteiger partial charge in [-0.15, -0.1) is 0 Å². The van der Waals surface area contributed by atoms with Gasteiger partial charge in [-0.1, -0.05) is 19.3 Å². The Hall–Kier alpha value is -0.840. The molecule has 0 bridgehead atoms. The Morgan fingerprint density at radius 2 is 1.76 bits per heavy atom. The van der Waals surface area contributed by atoms with Gasteiger partial charge in [0.2, 0.25) is 0 Å². The molecule has 0 unspecified atom stereocenters. The molecule has 17 heavy (non-hydrogen) atoms. The van der Waals surface area contributed by atoms with Crippen LogP contribution in [0.15, 0.2) is 14.1 Å². The molecule has 1 heterocycles. The summed E-state index contributed by atoms with van der Waals surface area (Å²) in [7, 11) is 1.71. The van der Waals surface area contributed by atoms with E-state index in [0.717, 1.165) is 25.7 Å². The van der Waals surface area contributed by atoms with Gasteiger partial charge in [0.05, 0.1) is 0 Å². The molecule has 0 N–H and O–H groups in total. The lowest BCUT2D eigenvalue weighted by molar-refractivity contribution is 0.330. The van der Waals surface area contributed by atoms with Gasteiger partial charge in [0, 0.05) is 18.8 Å². The maximum Gasteiger partial charge on any atom is 0.331 e. The summed E-state index contributed by atoms with van der Waals surface area (Å²) in [6.45, 7) is 1.78. The number of aromatic nitrogens is 2. The molecule has 1 aromatic rings. The summed E-state index contributed by atoms with van der Waals surface area (Å²) in [4.78, 5) is 24.3. The van der Waals surface area contributed by atoms with Crippen LogP contribution in [-0.4, -0.2) is 9.13 Å². The molecule has 4 nitrogen and oxygen atoms in total. The van der Waals surface area contributed by atoms with Crippen LogP contribution < -0.4 is 11.2 Å². The van der Waals surface area contributed by atoms with Gasteiger partial charge in [0.1, 0.15) is 4.47 Å². The molecule has 1 aliphatic carbocycles. The van der Waals surface area contributed by atoms with Crippen LogP contribution in [0.4, 0.5) is 0 Å². The van der Waals surface area contributed by atoms with Crippen molar-refractivity contribution in [2.75, 3.05) is 0 Å². The van der Waals surface area contributed by atoms with E-state index in [4.69, 9.17) is 0 Å². The predicted molar refractivity (Wildman–Crippen MR) is 70.5 cm³/mol. The quantitative estimate of drug-likeness (QED) is 0.797. The van der Waals surface area contributed by atoms with Crippen molar-refractivity contribution in [3.05, 3.63) is 31.0 Å². The van der Waals surface area contributed by atoms with Gasteiger partial charge in [0.25, 0.3) is 5.56 Å². The van der Waals surface area contributed by atoms with Crippen molar-refractivity contribution in [2.24, 2.45) is 7.05 Å². The van der Waals surface area contributed by atoms with Crippen LogP contribution in [0, 0.1) is 6.92 Å². The van der Waals surface area contributed by atoms with E-state index in [1.54, 1.807) is 18.5 Å². The number of hydrogen-bond donors (Lipinski definition) is 0. The van der Waals surface area contributed by atoms with Crippen LogP contribution in [0.2, 0.25) is 0 Å². The first-order valence-corrected chi connectivity index (χ1v) is 6.81. The first-order valence-electron chi connectivity index (χ1n) is 6.01. The largest absolute Gasteiger partial charge is 0.331 e. The molecule has 1 saturated carbocycles. The molecule has 0 aromatic carbocycles. The summed E-state index contributed by atoms with van der Waals surface area (Å²) in [5, 5.41) is 0. The lowest BCUT2D eigenvalue weighted by atomic mass is 9.95. The molecule has 1 aliphatic rings. The highest BCUT2D eigenvalue weighted by molar-refractivity contribution is 9.10. The lowest BCUT2D eigenvalue weighted by Crippen LogP contribution is -2.43. The van der Waals surface area contributed by atoms with Crippen LogP contribution >= 0.6 is 15.9 Å². The Morgan fingerprint density at radius 1 is 1.18 bits per heavy atom. The molecular formula is C12H17BrN2O2. The van der Waals surface area contributed by atoms with Gasteiger partial charge in [-0.2, -0.15) is 0 Å². The molecule has 0 spiro atoms. The zero-order chi connectivity index (χ0) is 12.6. The lowest BCUT2D eigenvalue weighted by Gasteiger charge is -2.24. The highest BCUT2D eigenvalue weighted by Crippen LogP contribution is 2.26. The topological polar surface area (TPSA) is 44.0 Å². The van der Waals surface area contributed by atoms with Crippen LogP contribution in [0.1, 0.15) is 43.8 Å². The van der Waals surface area contributed by atoms with Crippen molar-refractivity contribution < 1.29 is 0 Å². The van der Waals surface area contributed by atoms with E-state index >= 15 is 0 Å². The number of rotatable bonds is 1. The van der Waals surface area contributed by atoms with Crippen molar-refractivity contribution >= 4 is 15.9 Å². The van der Waals surface area contributed by atoms with Crippen molar-refractivity contribution in [1.82, 2.24) is 9.13 Å². The van der Waals surface area contributed by atoms with Crippen LogP contribution in [-0.2, 0) is 7.05 Å². The van der Waals surface area contributed by atoms with Crippen molar-refractivity contribution in [1.29, 1.82) is 0 Å². The van der Waals surface area contributed by atoms with Gasteiger partial charge in [-0.3, -0.25) is 13.9 Å². The second-order valence-electron chi connectivity index (χ2n) is 4.71. The minimum Gasteiger partial charge on any atom is -0.300 e. The molecule has 1 fully saturated rings. The SMILES string of the molecule is Cc1c(Br)c(=O)n(C2CCCCC2)c(=O)n1C. The fourth-order valence-electron chi connectivity index (χ4n) is 2.46. The van der Waals surface area contributed by atoms with E-state index in [1.807, 2.05) is 0 Å². The van der Waals surface area contributed by atoms with Crippen molar-refractivity contribution in [3.8, 4) is 0 Å². The number of halogens is 1. The number of nitrogens with zero attached hydrogens (tertiary/aromatic N) is 2. The summed E-state index contributed by atoms with van der Waals surface area (Å²) >= 11 is 3.29. The van der Waals surface area contributed by atoms with Crippen LogP contribution in [0.5, 0.6) is 0 Å².